The van der Waals surface area contributed by atoms with Crippen LogP contribution in [0.3, 0.4) is 0 Å². The second-order valence-electron chi connectivity index (χ2n) is 0.237. The van der Waals surface area contributed by atoms with Crippen LogP contribution < -0.4 is 0 Å². The Morgan fingerprint density at radius 2 is 2.75 bits per heavy atom. The van der Waals surface area contributed by atoms with Gasteiger partial charge in [0.15, 0.2) is 0 Å². The molecule has 1 atom stereocenters. The molecule has 0 aliphatic rings. The van der Waals surface area contributed by atoms with E-state index in [0.29, 0.717) is 7.96 Å². The van der Waals surface area contributed by atoms with Crippen LogP contribution in [-0.2, 0) is 6.86 Å². The summed E-state index contributed by atoms with van der Waals surface area (Å²) >= 11 is 2.15. The Morgan fingerprint density at radius 1 is 2.50 bits per heavy atom. The number of hydrogen-bond acceptors (Lipinski definition) is 0. The zero-order valence-electron chi connectivity index (χ0n) is 2.73. The average molecular weight is 224 g/mol. The molecule has 0 aliphatic carbocycles. The summed E-state index contributed by atoms with van der Waals surface area (Å²) < 4.78 is 6.59. The minimum atomic E-state index is 0.0919. The van der Waals surface area contributed by atoms with E-state index < -0.39 is 0 Å². The predicted octanol–water partition coefficient (Wildman–Crippen LogP) is 2.07. The number of rotatable bonds is 0. The largest absolute Gasteiger partial charge is 0.478 e. The van der Waals surface area contributed by atoms with Crippen molar-refractivity contribution in [2.24, 2.45) is 0 Å². The summed E-state index contributed by atoms with van der Waals surface area (Å²) in [5, 5.41) is 0. The van der Waals surface area contributed by atoms with Crippen molar-refractivity contribution in [1.82, 2.24) is 0 Å². The van der Waals surface area contributed by atoms with Gasteiger partial charge in [-0.05, 0) is 21.2 Å². The summed E-state index contributed by atoms with van der Waals surface area (Å²) in [4.78, 5) is 0. The number of halogens is 1. The molecule has 0 bridgehead atoms. The third-order valence-electron chi connectivity index (χ3n) is 0. The lowest BCUT2D eigenvalue weighted by molar-refractivity contribution is 5.85. The molecular formula is H2IP2S-. The van der Waals surface area contributed by atoms with E-state index in [2.05, 4.69) is 29.6 Å². The summed E-state index contributed by atoms with van der Waals surface area (Å²) in [5.74, 6) is 0. The summed E-state index contributed by atoms with van der Waals surface area (Å²) in [6, 6.07) is 0. The van der Waals surface area contributed by atoms with Crippen molar-refractivity contribution in [2.75, 3.05) is 0 Å². The molecule has 0 amide bonds. The highest BCUT2D eigenvalue weighted by molar-refractivity contribution is 14.2. The van der Waals surface area contributed by atoms with Gasteiger partial charge in [0, 0.05) is 0 Å². The predicted molar refractivity (Wildman–Crippen MR) is 38.0 cm³/mol. The quantitative estimate of drug-likeness (QED) is 0.436. The first-order chi connectivity index (χ1) is 2.27. The van der Waals surface area contributed by atoms with Gasteiger partial charge in [-0.15, -0.1) is 7.96 Å². The molecule has 0 aliphatic heterocycles. The third kappa shape index (κ3) is 9.18. The van der Waals surface area contributed by atoms with Crippen LogP contribution in [0.15, 0.2) is 0 Å². The van der Waals surface area contributed by atoms with Crippen molar-refractivity contribution in [2.45, 2.75) is 0 Å². The van der Waals surface area contributed by atoms with Crippen molar-refractivity contribution in [1.29, 1.82) is 1.28 Å². The van der Waals surface area contributed by atoms with Crippen LogP contribution in [0, 0.1) is 0 Å². The van der Waals surface area contributed by atoms with Crippen LogP contribution in [0.25, 0.3) is 0 Å². The molecule has 26 valence electrons. The first kappa shape index (κ1) is 3.98. The molecule has 0 nitrogen and oxygen atoms in total. The Bertz CT molecular complexity index is 47.6. The molecule has 0 spiro atoms. The topological polar surface area (TPSA) is 0 Å². The van der Waals surface area contributed by atoms with Gasteiger partial charge in [0.05, 0.1) is 1.28 Å². The fourth-order valence-electron chi connectivity index (χ4n) is 0. The number of hydrogen-bond donors (Lipinski definition) is 0. The first-order valence-electron chi connectivity index (χ1n) is 0.988. The van der Waals surface area contributed by atoms with E-state index in [9.17, 15) is 0 Å². The van der Waals surface area contributed by atoms with Crippen LogP contribution in [0.1, 0.15) is 0 Å². The molecule has 0 aromatic rings. The lowest BCUT2D eigenvalue weighted by atomic mass is 30.2. The van der Waals surface area contributed by atoms with Crippen LogP contribution in [0.2, 0.25) is 0 Å². The van der Waals surface area contributed by atoms with E-state index in [1.807, 2.05) is 0 Å². The Balaban J connectivity index is 3.14. The molecule has 0 N–H and O–H groups in total. The standard InChI is InChI=1S/H2IP2S/c1-4(2)3/h2-3H/q-1/i2D. The monoisotopic (exact) mass is 224 g/mol. The van der Waals surface area contributed by atoms with Crippen LogP contribution >= 0.6 is 37.6 Å². The van der Waals surface area contributed by atoms with Crippen molar-refractivity contribution in [3.8, 4) is 0 Å². The molecule has 0 radical (unpaired) electrons. The van der Waals surface area contributed by atoms with E-state index in [1.165, 1.54) is 0 Å². The van der Waals surface area contributed by atoms with Gasteiger partial charge in [0.2, 0.25) is 0 Å². The van der Waals surface area contributed by atoms with Gasteiger partial charge in [0.25, 0.3) is 0 Å². The molecule has 0 saturated heterocycles. The average Bonchev–Trinajstić information content (AvgIpc) is 1.38. The highest BCUT2D eigenvalue weighted by Gasteiger charge is 1.35. The molecule has 0 aromatic heterocycles. The first-order valence-corrected chi connectivity index (χ1v) is 6.59. The molecule has 1 unspecified atom stereocenters. The van der Waals surface area contributed by atoms with E-state index in [4.69, 9.17) is 1.28 Å². The van der Waals surface area contributed by atoms with Crippen LogP contribution in [0.5, 0.6) is 0 Å². The summed E-state index contributed by atoms with van der Waals surface area (Å²) in [7, 11) is 3.91. The lowest BCUT2D eigenvalue weighted by Gasteiger charge is -1.84. The van der Waals surface area contributed by atoms with Gasteiger partial charge in [-0.1, -0.05) is 0 Å². The molecular weight excluding hydrogens is 221 g/mol. The van der Waals surface area contributed by atoms with E-state index in [0.717, 1.165) is 0 Å². The van der Waals surface area contributed by atoms with Gasteiger partial charge in [-0.25, -0.2) is 0 Å². The Kier molecular flexibility index (Phi) is 3.00. The van der Waals surface area contributed by atoms with Crippen molar-refractivity contribution in [3.05, 3.63) is 0 Å². The van der Waals surface area contributed by atoms with Crippen molar-refractivity contribution < 1.29 is 0 Å². The second-order valence-corrected chi connectivity index (χ2v) is 11.3. The van der Waals surface area contributed by atoms with E-state index in [-0.39, 0.29) is 6.86 Å². The van der Waals surface area contributed by atoms with E-state index in [1.54, 1.807) is 0 Å². The summed E-state index contributed by atoms with van der Waals surface area (Å²) in [6.07, 6.45) is 0. The minimum Gasteiger partial charge on any atom is -0.478 e. The van der Waals surface area contributed by atoms with E-state index >= 15 is 0 Å². The molecule has 0 saturated carbocycles. The summed E-state index contributed by atoms with van der Waals surface area (Å²) in [5.41, 5.74) is 0. The van der Waals surface area contributed by atoms with Gasteiger partial charge in [0.1, 0.15) is 0 Å². The zero-order chi connectivity index (χ0) is 4.28. The zero-order valence-corrected chi connectivity index (χ0v) is 6.60. The maximum Gasteiger partial charge on any atom is 0.0975 e. The fraction of sp³-hybridized carbons (Fsp3) is 0. The molecule has 0 aromatic carbocycles. The Morgan fingerprint density at radius 3 is 2.75 bits per heavy atom. The van der Waals surface area contributed by atoms with Gasteiger partial charge >= 0.3 is 0 Å². The highest BCUT2D eigenvalue weighted by atomic mass is 127. The van der Waals surface area contributed by atoms with Crippen LogP contribution in [0.4, 0.5) is 0 Å². The molecule has 4 heavy (non-hydrogen) atoms. The Labute approximate surface area is 45.7 Å². The van der Waals surface area contributed by atoms with Gasteiger partial charge in [-0.3, -0.25) is 6.86 Å². The summed E-state index contributed by atoms with van der Waals surface area (Å²) in [6.45, 7) is 0.0919. The normalized spacial score (nSPS) is 20.0. The highest BCUT2D eigenvalue weighted by Crippen LogP contribution is 2.08. The third-order valence-corrected chi connectivity index (χ3v) is 0. The molecule has 4 heteroatoms. The van der Waals surface area contributed by atoms with Crippen molar-refractivity contribution >= 4 is 44.5 Å². The van der Waals surface area contributed by atoms with Crippen LogP contribution in [-0.4, -0.2) is 1.28 Å². The molecule has 0 rings (SSSR count). The smallest absolute Gasteiger partial charge is 0.0975 e. The van der Waals surface area contributed by atoms with Gasteiger partial charge in [-0.2, -0.15) is 0 Å². The SMILES string of the molecule is [2H]P=S([PH-])I. The fourth-order valence-corrected chi connectivity index (χ4v) is 0. The Hall–Kier alpha value is 1.81. The van der Waals surface area contributed by atoms with Gasteiger partial charge < -0.3 is 8.44 Å². The molecule has 0 heterocycles. The lowest BCUT2D eigenvalue weighted by Crippen LogP contribution is -1.21. The minimum absolute atomic E-state index is 0.0919. The molecule has 0 fully saturated rings. The second kappa shape index (κ2) is 3.02. The maximum absolute atomic E-state index is 6.59. The van der Waals surface area contributed by atoms with Crippen molar-refractivity contribution in [3.63, 3.8) is 0 Å². The maximum atomic E-state index is 6.59.